The molecule has 0 fully saturated rings. The van der Waals surface area contributed by atoms with Gasteiger partial charge < -0.3 is 4.74 Å². The number of hydrogen-bond donors (Lipinski definition) is 0. The standard InChI is InChI=1S/C28H25ClF4O3S/c1-3-6-20-16-26(37(34,35)21-8-4-7-19(15-21)28(31,32)33)22-14-18(11-12-25(22)36-20)13-17(2)27-23(29)9-5-10-24(27)30/h4-5,7-15,20,26H,3,6,16H2,1-2H3. The van der Waals surface area contributed by atoms with E-state index in [1.807, 2.05) is 6.92 Å². The highest BCUT2D eigenvalue weighted by atomic mass is 35.5. The fourth-order valence-electron chi connectivity index (χ4n) is 4.61. The molecule has 3 aromatic carbocycles. The minimum Gasteiger partial charge on any atom is -0.490 e. The van der Waals surface area contributed by atoms with Crippen molar-refractivity contribution in [3.8, 4) is 5.75 Å². The van der Waals surface area contributed by atoms with Gasteiger partial charge in [-0.25, -0.2) is 12.8 Å². The number of halogens is 5. The van der Waals surface area contributed by atoms with Crippen LogP contribution in [0.1, 0.15) is 60.6 Å². The Bertz CT molecular complexity index is 1430. The summed E-state index contributed by atoms with van der Waals surface area (Å²) in [7, 11) is -4.20. The van der Waals surface area contributed by atoms with E-state index >= 15 is 0 Å². The van der Waals surface area contributed by atoms with E-state index < -0.39 is 43.6 Å². The van der Waals surface area contributed by atoms with E-state index in [1.54, 1.807) is 37.3 Å². The summed E-state index contributed by atoms with van der Waals surface area (Å²) in [6.07, 6.45) is -1.95. The molecule has 0 spiro atoms. The van der Waals surface area contributed by atoms with Crippen molar-refractivity contribution in [2.75, 3.05) is 0 Å². The van der Waals surface area contributed by atoms with E-state index in [1.165, 1.54) is 18.2 Å². The van der Waals surface area contributed by atoms with Crippen LogP contribution in [0.4, 0.5) is 17.6 Å². The predicted octanol–water partition coefficient (Wildman–Crippen LogP) is 8.52. The Kier molecular flexibility index (Phi) is 7.72. The number of rotatable bonds is 6. The Morgan fingerprint density at radius 2 is 1.84 bits per heavy atom. The van der Waals surface area contributed by atoms with Crippen LogP contribution in [0.15, 0.2) is 65.6 Å². The average Bonchev–Trinajstić information content (AvgIpc) is 2.83. The largest absolute Gasteiger partial charge is 0.490 e. The first-order chi connectivity index (χ1) is 17.4. The van der Waals surface area contributed by atoms with Gasteiger partial charge in [-0.15, -0.1) is 0 Å². The molecule has 0 aromatic heterocycles. The lowest BCUT2D eigenvalue weighted by Gasteiger charge is -2.32. The number of alkyl halides is 3. The predicted molar refractivity (Wildman–Crippen MR) is 137 cm³/mol. The van der Waals surface area contributed by atoms with Crippen LogP contribution in [-0.4, -0.2) is 14.5 Å². The van der Waals surface area contributed by atoms with Gasteiger partial charge >= 0.3 is 6.18 Å². The Hall–Kier alpha value is -2.84. The molecule has 1 aliphatic heterocycles. The molecule has 3 nitrogen and oxygen atoms in total. The number of sulfone groups is 1. The summed E-state index contributed by atoms with van der Waals surface area (Å²) in [6.45, 7) is 3.63. The highest BCUT2D eigenvalue weighted by Crippen LogP contribution is 2.44. The lowest BCUT2D eigenvalue weighted by molar-refractivity contribution is -0.137. The van der Waals surface area contributed by atoms with Gasteiger partial charge in [0.25, 0.3) is 0 Å². The molecule has 0 amide bonds. The lowest BCUT2D eigenvalue weighted by atomic mass is 9.96. The first kappa shape index (κ1) is 27.2. The van der Waals surface area contributed by atoms with Crippen molar-refractivity contribution >= 4 is 33.1 Å². The van der Waals surface area contributed by atoms with E-state index in [9.17, 15) is 26.0 Å². The van der Waals surface area contributed by atoms with E-state index in [-0.39, 0.29) is 17.0 Å². The Morgan fingerprint density at radius 3 is 2.51 bits per heavy atom. The molecular weight excluding hydrogens is 528 g/mol. The van der Waals surface area contributed by atoms with Crippen LogP contribution in [0.2, 0.25) is 5.02 Å². The van der Waals surface area contributed by atoms with Crippen LogP contribution in [-0.2, 0) is 16.0 Å². The summed E-state index contributed by atoms with van der Waals surface area (Å²) in [5, 5.41) is -0.871. The zero-order valence-corrected chi connectivity index (χ0v) is 21.7. The van der Waals surface area contributed by atoms with Crippen LogP contribution in [0.25, 0.3) is 11.6 Å². The Morgan fingerprint density at radius 1 is 1.11 bits per heavy atom. The molecule has 0 bridgehead atoms. The van der Waals surface area contributed by atoms with E-state index in [0.717, 1.165) is 18.6 Å². The number of benzene rings is 3. The van der Waals surface area contributed by atoms with Gasteiger partial charge in [0.2, 0.25) is 0 Å². The molecule has 2 unspecified atom stereocenters. The first-order valence-corrected chi connectivity index (χ1v) is 13.7. The van der Waals surface area contributed by atoms with Crippen molar-refractivity contribution < 1.29 is 30.7 Å². The van der Waals surface area contributed by atoms with Crippen molar-refractivity contribution in [2.45, 2.75) is 55.5 Å². The second kappa shape index (κ2) is 10.5. The van der Waals surface area contributed by atoms with Crippen LogP contribution in [0, 0.1) is 5.82 Å². The molecule has 4 rings (SSSR count). The fourth-order valence-corrected chi connectivity index (χ4v) is 6.80. The number of ether oxygens (including phenoxy) is 1. The minimum absolute atomic E-state index is 0.102. The van der Waals surface area contributed by atoms with Crippen molar-refractivity contribution in [3.63, 3.8) is 0 Å². The first-order valence-electron chi connectivity index (χ1n) is 11.8. The molecule has 9 heteroatoms. The van der Waals surface area contributed by atoms with E-state index in [0.29, 0.717) is 34.9 Å². The molecule has 0 saturated carbocycles. The zero-order valence-electron chi connectivity index (χ0n) is 20.1. The number of allylic oxidation sites excluding steroid dienone is 1. The van der Waals surface area contributed by atoms with Gasteiger partial charge in [0.1, 0.15) is 17.7 Å². The molecule has 0 radical (unpaired) electrons. The molecule has 0 aliphatic carbocycles. The van der Waals surface area contributed by atoms with Crippen LogP contribution in [0.3, 0.4) is 0 Å². The maximum Gasteiger partial charge on any atom is 0.416 e. The van der Waals surface area contributed by atoms with Crippen molar-refractivity contribution in [2.24, 2.45) is 0 Å². The van der Waals surface area contributed by atoms with Crippen LogP contribution < -0.4 is 4.74 Å². The summed E-state index contributed by atoms with van der Waals surface area (Å²) >= 11 is 6.19. The van der Waals surface area contributed by atoms with Gasteiger partial charge in [0.15, 0.2) is 9.84 Å². The molecule has 37 heavy (non-hydrogen) atoms. The second-order valence-electron chi connectivity index (χ2n) is 9.04. The van der Waals surface area contributed by atoms with E-state index in [2.05, 4.69) is 0 Å². The number of fused-ring (bicyclic) bond motifs is 1. The maximum absolute atomic E-state index is 14.4. The Labute approximate surface area is 218 Å². The average molecular weight is 553 g/mol. The molecule has 196 valence electrons. The van der Waals surface area contributed by atoms with Crippen LogP contribution >= 0.6 is 11.6 Å². The molecule has 0 N–H and O–H groups in total. The van der Waals surface area contributed by atoms with E-state index in [4.69, 9.17) is 16.3 Å². The summed E-state index contributed by atoms with van der Waals surface area (Å²) in [5.74, 6) is -0.126. The smallest absolute Gasteiger partial charge is 0.416 e. The van der Waals surface area contributed by atoms with Gasteiger partial charge in [-0.3, -0.25) is 0 Å². The SMILES string of the molecule is CCCC1CC(S(=O)(=O)c2cccc(C(F)(F)F)c2)c2cc(C=C(C)c3c(F)cccc3Cl)ccc2O1. The second-order valence-corrected chi connectivity index (χ2v) is 11.6. The van der Waals surface area contributed by atoms with Gasteiger partial charge in [-0.2, -0.15) is 13.2 Å². The quantitative estimate of drug-likeness (QED) is 0.227. The molecule has 0 saturated heterocycles. The monoisotopic (exact) mass is 552 g/mol. The van der Waals surface area contributed by atoms with Gasteiger partial charge in [0, 0.05) is 17.5 Å². The van der Waals surface area contributed by atoms with Crippen LogP contribution in [0.5, 0.6) is 5.75 Å². The molecule has 2 atom stereocenters. The van der Waals surface area contributed by atoms with Crippen molar-refractivity contribution in [1.29, 1.82) is 0 Å². The molecule has 3 aromatic rings. The summed E-state index contributed by atoms with van der Waals surface area (Å²) in [5.41, 5.74) is 0.665. The topological polar surface area (TPSA) is 43.4 Å². The normalized spacial score (nSPS) is 18.3. The summed E-state index contributed by atoms with van der Waals surface area (Å²) < 4.78 is 87.8. The van der Waals surface area contributed by atoms with Gasteiger partial charge in [-0.05, 0) is 66.9 Å². The summed E-state index contributed by atoms with van der Waals surface area (Å²) in [4.78, 5) is -0.398. The van der Waals surface area contributed by atoms with Crippen molar-refractivity contribution in [1.82, 2.24) is 0 Å². The third kappa shape index (κ3) is 5.70. The molecule has 1 heterocycles. The summed E-state index contributed by atoms with van der Waals surface area (Å²) in [6, 6.07) is 13.2. The van der Waals surface area contributed by atoms with Gasteiger partial charge in [-0.1, -0.05) is 49.2 Å². The van der Waals surface area contributed by atoms with Crippen molar-refractivity contribution in [3.05, 3.63) is 93.8 Å². The maximum atomic E-state index is 14.4. The Balaban J connectivity index is 1.81. The van der Waals surface area contributed by atoms with Gasteiger partial charge in [0.05, 0.1) is 20.7 Å². The zero-order chi connectivity index (χ0) is 27.0. The fraction of sp³-hybridized carbons (Fsp3) is 0.286. The third-order valence-electron chi connectivity index (χ3n) is 6.37. The number of hydrogen-bond acceptors (Lipinski definition) is 3. The molecule has 1 aliphatic rings. The molecular formula is C28H25ClF4O3S. The minimum atomic E-state index is -4.67. The highest BCUT2D eigenvalue weighted by Gasteiger charge is 2.39. The highest BCUT2D eigenvalue weighted by molar-refractivity contribution is 7.91. The lowest BCUT2D eigenvalue weighted by Crippen LogP contribution is -2.29. The third-order valence-corrected chi connectivity index (χ3v) is 8.79.